The van der Waals surface area contributed by atoms with Crippen molar-refractivity contribution in [2.45, 2.75) is 12.5 Å². The first-order valence-corrected chi connectivity index (χ1v) is 3.69. The highest BCUT2D eigenvalue weighted by molar-refractivity contribution is 9.10. The molecule has 0 aliphatic heterocycles. The summed E-state index contributed by atoms with van der Waals surface area (Å²) in [6.07, 6.45) is -1.29. The zero-order valence-electron chi connectivity index (χ0n) is 5.43. The predicted molar refractivity (Wildman–Crippen MR) is 39.3 cm³/mol. The summed E-state index contributed by atoms with van der Waals surface area (Å²) in [6.45, 7) is 0. The zero-order valence-corrected chi connectivity index (χ0v) is 7.01. The molecule has 0 saturated heterocycles. The van der Waals surface area contributed by atoms with Crippen molar-refractivity contribution in [3.63, 3.8) is 0 Å². The summed E-state index contributed by atoms with van der Waals surface area (Å²) >= 11 is 3.03. The maximum atomic E-state index is 12.0. The Bertz CT molecular complexity index is 238. The van der Waals surface area contributed by atoms with Gasteiger partial charge < -0.3 is 10.2 Å². The van der Waals surface area contributed by atoms with E-state index in [4.69, 9.17) is 10.2 Å². The van der Waals surface area contributed by atoms with Crippen LogP contribution in [0.4, 0.5) is 8.78 Å². The Balaban J connectivity index is 2.84. The molecule has 1 aromatic rings. The van der Waals surface area contributed by atoms with E-state index in [0.29, 0.717) is 4.47 Å². The van der Waals surface area contributed by atoms with Crippen LogP contribution in [0, 0.1) is 0 Å². The van der Waals surface area contributed by atoms with Crippen LogP contribution in [-0.2, 0) is 0 Å². The van der Waals surface area contributed by atoms with Crippen LogP contribution in [0.25, 0.3) is 0 Å². The fraction of sp³-hybridized carbons (Fsp3) is 0.333. The van der Waals surface area contributed by atoms with E-state index >= 15 is 0 Å². The summed E-state index contributed by atoms with van der Waals surface area (Å²) in [6, 6.07) is 0.178. The van der Waals surface area contributed by atoms with Gasteiger partial charge in [-0.1, -0.05) is 0 Å². The smallest absolute Gasteiger partial charge is 0.260 e. The molecule has 0 fully saturated rings. The van der Waals surface area contributed by atoms with Crippen LogP contribution in [0.5, 0.6) is 0 Å². The van der Waals surface area contributed by atoms with Gasteiger partial charge in [-0.25, -0.2) is 8.78 Å². The monoisotopic (exact) mass is 225 g/mol. The highest BCUT2D eigenvalue weighted by Gasteiger charge is 2.22. The van der Waals surface area contributed by atoms with Crippen molar-refractivity contribution >= 4 is 15.9 Å². The van der Waals surface area contributed by atoms with Crippen molar-refractivity contribution in [2.24, 2.45) is 5.73 Å². The van der Waals surface area contributed by atoms with Gasteiger partial charge in [-0.05, 0) is 22.0 Å². The molecule has 0 bridgehead atoms. The summed E-state index contributed by atoms with van der Waals surface area (Å²) in [7, 11) is 0. The number of halogens is 3. The van der Waals surface area contributed by atoms with Gasteiger partial charge in [-0.3, -0.25) is 0 Å². The summed E-state index contributed by atoms with van der Waals surface area (Å²) in [5.74, 6) is 0.0833. The first-order chi connectivity index (χ1) is 5.13. The second kappa shape index (κ2) is 3.32. The number of furan rings is 1. The maximum Gasteiger partial charge on any atom is 0.260 e. The SMILES string of the molecule is NC(c1occc1Br)C(F)F. The van der Waals surface area contributed by atoms with E-state index in [1.165, 1.54) is 12.3 Å². The standard InChI is InChI=1S/C6H6BrF2NO/c7-3-1-2-11-5(3)4(10)6(8)9/h1-2,4,6H,10H2. The number of hydrogen-bond acceptors (Lipinski definition) is 2. The van der Waals surface area contributed by atoms with Crippen molar-refractivity contribution in [3.05, 3.63) is 22.6 Å². The number of rotatable bonds is 2. The lowest BCUT2D eigenvalue weighted by molar-refractivity contribution is 0.106. The number of nitrogens with two attached hydrogens (primary N) is 1. The first-order valence-electron chi connectivity index (χ1n) is 2.89. The average molecular weight is 226 g/mol. The number of hydrogen-bond donors (Lipinski definition) is 1. The van der Waals surface area contributed by atoms with E-state index in [2.05, 4.69) is 15.9 Å². The molecule has 11 heavy (non-hydrogen) atoms. The molecule has 62 valence electrons. The van der Waals surface area contributed by atoms with Crippen LogP contribution >= 0.6 is 15.9 Å². The second-order valence-corrected chi connectivity index (χ2v) is 2.85. The quantitative estimate of drug-likeness (QED) is 0.840. The van der Waals surface area contributed by atoms with Crippen molar-refractivity contribution in [1.29, 1.82) is 0 Å². The Morgan fingerprint density at radius 2 is 2.18 bits per heavy atom. The van der Waals surface area contributed by atoms with Gasteiger partial charge in [0.15, 0.2) is 0 Å². The van der Waals surface area contributed by atoms with E-state index in [1.807, 2.05) is 0 Å². The van der Waals surface area contributed by atoms with Gasteiger partial charge in [-0.2, -0.15) is 0 Å². The van der Waals surface area contributed by atoms with Crippen molar-refractivity contribution in [3.8, 4) is 0 Å². The third-order valence-electron chi connectivity index (χ3n) is 1.22. The van der Waals surface area contributed by atoms with Crippen LogP contribution in [0.3, 0.4) is 0 Å². The molecule has 1 aromatic heterocycles. The molecule has 1 heterocycles. The molecule has 1 unspecified atom stereocenters. The highest BCUT2D eigenvalue weighted by Crippen LogP contribution is 2.26. The zero-order chi connectivity index (χ0) is 8.43. The lowest BCUT2D eigenvalue weighted by Gasteiger charge is -2.06. The van der Waals surface area contributed by atoms with Gasteiger partial charge in [0.2, 0.25) is 0 Å². The first kappa shape index (κ1) is 8.67. The summed E-state index contributed by atoms with van der Waals surface area (Å²) in [5, 5.41) is 0. The van der Waals surface area contributed by atoms with Crippen LogP contribution in [0.15, 0.2) is 21.2 Å². The number of alkyl halides is 2. The third kappa shape index (κ3) is 1.78. The maximum absolute atomic E-state index is 12.0. The molecule has 5 heteroatoms. The molecule has 1 atom stereocenters. The van der Waals surface area contributed by atoms with Crippen LogP contribution in [0.2, 0.25) is 0 Å². The van der Waals surface area contributed by atoms with E-state index in [9.17, 15) is 8.78 Å². The van der Waals surface area contributed by atoms with E-state index in [1.54, 1.807) is 0 Å². The normalized spacial score (nSPS) is 13.9. The second-order valence-electron chi connectivity index (χ2n) is 1.99. The Morgan fingerprint density at radius 1 is 1.55 bits per heavy atom. The summed E-state index contributed by atoms with van der Waals surface area (Å²) < 4.78 is 29.1. The fourth-order valence-electron chi connectivity index (χ4n) is 0.658. The molecular weight excluding hydrogens is 220 g/mol. The van der Waals surface area contributed by atoms with Gasteiger partial charge in [0, 0.05) is 0 Å². The summed E-state index contributed by atoms with van der Waals surface area (Å²) in [5.41, 5.74) is 5.11. The van der Waals surface area contributed by atoms with Crippen LogP contribution < -0.4 is 5.73 Å². The molecule has 0 aromatic carbocycles. The van der Waals surface area contributed by atoms with Crippen molar-refractivity contribution < 1.29 is 13.2 Å². The van der Waals surface area contributed by atoms with Crippen LogP contribution in [0.1, 0.15) is 11.8 Å². The van der Waals surface area contributed by atoms with Crippen molar-refractivity contribution in [1.82, 2.24) is 0 Å². The third-order valence-corrected chi connectivity index (χ3v) is 1.87. The molecule has 0 amide bonds. The molecule has 2 N–H and O–H groups in total. The Morgan fingerprint density at radius 3 is 2.55 bits per heavy atom. The minimum atomic E-state index is -2.60. The average Bonchev–Trinajstić information content (AvgIpc) is 2.33. The fourth-order valence-corrected chi connectivity index (χ4v) is 1.12. The molecule has 0 aliphatic carbocycles. The molecule has 0 saturated carbocycles. The predicted octanol–water partition coefficient (Wildman–Crippen LogP) is 2.31. The highest BCUT2D eigenvalue weighted by atomic mass is 79.9. The Hall–Kier alpha value is -0.420. The topological polar surface area (TPSA) is 39.2 Å². The molecule has 0 aliphatic rings. The Labute approximate surface area is 70.5 Å². The largest absolute Gasteiger partial charge is 0.466 e. The minimum absolute atomic E-state index is 0.0833. The summed E-state index contributed by atoms with van der Waals surface area (Å²) in [4.78, 5) is 0. The van der Waals surface area contributed by atoms with Gasteiger partial charge in [-0.15, -0.1) is 0 Å². The van der Waals surface area contributed by atoms with Gasteiger partial charge in [0.1, 0.15) is 11.8 Å². The van der Waals surface area contributed by atoms with Gasteiger partial charge >= 0.3 is 0 Å². The van der Waals surface area contributed by atoms with E-state index < -0.39 is 12.5 Å². The molecular formula is C6H6BrF2NO. The molecule has 0 spiro atoms. The molecule has 0 radical (unpaired) electrons. The van der Waals surface area contributed by atoms with Crippen molar-refractivity contribution in [2.75, 3.05) is 0 Å². The lowest BCUT2D eigenvalue weighted by atomic mass is 10.2. The van der Waals surface area contributed by atoms with E-state index in [0.717, 1.165) is 0 Å². The lowest BCUT2D eigenvalue weighted by Crippen LogP contribution is -2.18. The van der Waals surface area contributed by atoms with E-state index in [-0.39, 0.29) is 5.76 Å². The minimum Gasteiger partial charge on any atom is -0.466 e. The molecule has 2 nitrogen and oxygen atoms in total. The molecule has 1 rings (SSSR count). The van der Waals surface area contributed by atoms with Gasteiger partial charge in [0.25, 0.3) is 6.43 Å². The van der Waals surface area contributed by atoms with Crippen LogP contribution in [-0.4, -0.2) is 6.43 Å². The Kier molecular flexibility index (Phi) is 2.62. The van der Waals surface area contributed by atoms with Gasteiger partial charge in [0.05, 0.1) is 10.7 Å².